The van der Waals surface area contributed by atoms with E-state index in [1.165, 1.54) is 0 Å². The quantitative estimate of drug-likeness (QED) is 0.159. The fraction of sp³-hybridized carbons (Fsp3) is 0. The molecular formula is C49H33N5. The Morgan fingerprint density at radius 1 is 0.222 bits per heavy atom. The van der Waals surface area contributed by atoms with Crippen molar-refractivity contribution >= 4 is 0 Å². The van der Waals surface area contributed by atoms with Crippen molar-refractivity contribution in [2.75, 3.05) is 0 Å². The zero-order chi connectivity index (χ0) is 36.1. The Kier molecular flexibility index (Phi) is 8.86. The summed E-state index contributed by atoms with van der Waals surface area (Å²) in [4.78, 5) is 24.9. The van der Waals surface area contributed by atoms with E-state index in [4.69, 9.17) is 19.9 Å². The molecule has 0 spiro atoms. The van der Waals surface area contributed by atoms with E-state index in [1.807, 2.05) is 91.0 Å². The highest BCUT2D eigenvalue weighted by atomic mass is 14.9. The van der Waals surface area contributed by atoms with Crippen molar-refractivity contribution in [3.63, 3.8) is 0 Å². The van der Waals surface area contributed by atoms with Gasteiger partial charge in [0, 0.05) is 28.5 Å². The van der Waals surface area contributed by atoms with Gasteiger partial charge < -0.3 is 0 Å². The van der Waals surface area contributed by atoms with Crippen molar-refractivity contribution in [2.45, 2.75) is 0 Å². The lowest BCUT2D eigenvalue weighted by atomic mass is 9.99. The third-order valence-electron chi connectivity index (χ3n) is 9.35. The maximum Gasteiger partial charge on any atom is 0.160 e. The van der Waals surface area contributed by atoms with Crippen LogP contribution in [0.15, 0.2) is 200 Å². The molecule has 9 aromatic rings. The number of hydrogen-bond donors (Lipinski definition) is 0. The molecule has 4 aromatic heterocycles. The van der Waals surface area contributed by atoms with Crippen LogP contribution in [0.25, 0.3) is 90.2 Å². The average Bonchev–Trinajstić information content (AvgIpc) is 3.27. The van der Waals surface area contributed by atoms with Gasteiger partial charge in [0.2, 0.25) is 0 Å². The molecule has 0 saturated heterocycles. The van der Waals surface area contributed by atoms with Crippen LogP contribution in [-0.4, -0.2) is 24.9 Å². The number of rotatable bonds is 8. The monoisotopic (exact) mass is 691 g/mol. The second-order valence-electron chi connectivity index (χ2n) is 13.0. The number of hydrogen-bond acceptors (Lipinski definition) is 5. The minimum Gasteiger partial charge on any atom is -0.255 e. The molecule has 5 nitrogen and oxygen atoms in total. The summed E-state index contributed by atoms with van der Waals surface area (Å²) in [5.41, 5.74) is 14.2. The zero-order valence-electron chi connectivity index (χ0n) is 29.3. The Morgan fingerprint density at radius 3 is 1.31 bits per heavy atom. The molecule has 0 saturated carbocycles. The summed E-state index contributed by atoms with van der Waals surface area (Å²) in [5, 5.41) is 0. The van der Waals surface area contributed by atoms with Gasteiger partial charge >= 0.3 is 0 Å². The lowest BCUT2D eigenvalue weighted by Crippen LogP contribution is -1.96. The predicted octanol–water partition coefficient (Wildman–Crippen LogP) is 12.0. The first kappa shape index (κ1) is 32.5. The summed E-state index contributed by atoms with van der Waals surface area (Å²) in [6.45, 7) is 0. The van der Waals surface area contributed by atoms with Crippen LogP contribution in [0.3, 0.4) is 0 Å². The summed E-state index contributed by atoms with van der Waals surface area (Å²) in [6.07, 6.45) is 1.80. The van der Waals surface area contributed by atoms with Gasteiger partial charge in [0.15, 0.2) is 5.82 Å². The Morgan fingerprint density at radius 2 is 0.685 bits per heavy atom. The van der Waals surface area contributed by atoms with Crippen molar-refractivity contribution in [2.24, 2.45) is 0 Å². The van der Waals surface area contributed by atoms with Gasteiger partial charge in [-0.2, -0.15) is 0 Å². The molecule has 9 rings (SSSR count). The molecule has 4 heterocycles. The lowest BCUT2D eigenvalue weighted by molar-refractivity contribution is 1.18. The Bertz CT molecular complexity index is 2400. The molecule has 0 amide bonds. The fourth-order valence-corrected chi connectivity index (χ4v) is 6.63. The van der Waals surface area contributed by atoms with Crippen molar-refractivity contribution in [3.8, 4) is 90.2 Å². The van der Waals surface area contributed by atoms with Gasteiger partial charge in [0.25, 0.3) is 0 Å². The van der Waals surface area contributed by atoms with Gasteiger partial charge in [-0.05, 0) is 76.9 Å². The van der Waals surface area contributed by atoms with Crippen LogP contribution in [0.2, 0.25) is 0 Å². The van der Waals surface area contributed by atoms with Crippen LogP contribution >= 0.6 is 0 Å². The number of pyridine rings is 3. The Balaban J connectivity index is 1.08. The second kappa shape index (κ2) is 14.7. The molecule has 0 radical (unpaired) electrons. The van der Waals surface area contributed by atoms with E-state index < -0.39 is 0 Å². The van der Waals surface area contributed by atoms with E-state index in [0.29, 0.717) is 5.82 Å². The highest BCUT2D eigenvalue weighted by Gasteiger charge is 2.14. The molecule has 0 bridgehead atoms. The SMILES string of the molecule is c1ccc(-c2cc(-c3ccccn3)nc(-c3cccc(-c4cccc(-c5cccc(-c6nc(-c7ccccc7)cc(-c7ccccc7)n6)c5)c4)n3)c2)cc1. The van der Waals surface area contributed by atoms with Gasteiger partial charge in [-0.25, -0.2) is 19.9 Å². The molecule has 0 atom stereocenters. The van der Waals surface area contributed by atoms with Gasteiger partial charge in [-0.3, -0.25) is 4.98 Å². The number of aromatic nitrogens is 5. The minimum atomic E-state index is 0.679. The smallest absolute Gasteiger partial charge is 0.160 e. The third-order valence-corrected chi connectivity index (χ3v) is 9.35. The third kappa shape index (κ3) is 6.94. The first-order valence-corrected chi connectivity index (χ1v) is 17.9. The molecule has 0 aliphatic rings. The van der Waals surface area contributed by atoms with Crippen molar-refractivity contribution in [3.05, 3.63) is 200 Å². The summed E-state index contributed by atoms with van der Waals surface area (Å²) < 4.78 is 0. The van der Waals surface area contributed by atoms with Gasteiger partial charge in [0.05, 0.1) is 39.9 Å². The number of nitrogens with zero attached hydrogens (tertiary/aromatic N) is 5. The van der Waals surface area contributed by atoms with Crippen LogP contribution in [0.1, 0.15) is 0 Å². The van der Waals surface area contributed by atoms with Crippen LogP contribution in [0.4, 0.5) is 0 Å². The van der Waals surface area contributed by atoms with Crippen LogP contribution in [0, 0.1) is 0 Å². The second-order valence-corrected chi connectivity index (χ2v) is 13.0. The van der Waals surface area contributed by atoms with Crippen LogP contribution in [0.5, 0.6) is 0 Å². The van der Waals surface area contributed by atoms with E-state index in [2.05, 4.69) is 108 Å². The first-order chi connectivity index (χ1) is 26.7. The topological polar surface area (TPSA) is 64.5 Å². The van der Waals surface area contributed by atoms with Crippen LogP contribution < -0.4 is 0 Å². The molecule has 54 heavy (non-hydrogen) atoms. The largest absolute Gasteiger partial charge is 0.255 e. The molecule has 254 valence electrons. The number of benzene rings is 5. The van der Waals surface area contributed by atoms with E-state index in [1.54, 1.807) is 6.20 Å². The van der Waals surface area contributed by atoms with Gasteiger partial charge in [0.1, 0.15) is 0 Å². The van der Waals surface area contributed by atoms with Gasteiger partial charge in [-0.15, -0.1) is 0 Å². The molecule has 0 unspecified atom stereocenters. The van der Waals surface area contributed by atoms with Crippen molar-refractivity contribution < 1.29 is 0 Å². The highest BCUT2D eigenvalue weighted by Crippen LogP contribution is 2.33. The lowest BCUT2D eigenvalue weighted by Gasteiger charge is -2.12. The fourth-order valence-electron chi connectivity index (χ4n) is 6.63. The predicted molar refractivity (Wildman–Crippen MR) is 219 cm³/mol. The summed E-state index contributed by atoms with van der Waals surface area (Å²) in [6, 6.07) is 66.1. The van der Waals surface area contributed by atoms with Gasteiger partial charge in [-0.1, -0.05) is 140 Å². The molecule has 0 aliphatic heterocycles. The molecule has 0 N–H and O–H groups in total. The molecule has 5 aromatic carbocycles. The standard InChI is InChI=1S/C49H33N5/c1-4-15-34(16-5-1)41-31-47(43-25-10-11-28-50-43)52-48(32-41)44-27-14-26-42(51-44)39-23-12-21-37(29-39)38-22-13-24-40(30-38)49-53-45(35-17-6-2-7-18-35)33-46(54-49)36-19-8-3-9-20-36/h1-33H. The summed E-state index contributed by atoms with van der Waals surface area (Å²) in [5.74, 6) is 0.679. The summed E-state index contributed by atoms with van der Waals surface area (Å²) >= 11 is 0. The molecule has 0 aliphatic carbocycles. The highest BCUT2D eigenvalue weighted by molar-refractivity contribution is 5.79. The molecule has 0 fully saturated rings. The minimum absolute atomic E-state index is 0.679. The Labute approximate surface area is 314 Å². The maximum absolute atomic E-state index is 5.16. The van der Waals surface area contributed by atoms with Crippen molar-refractivity contribution in [1.29, 1.82) is 0 Å². The first-order valence-electron chi connectivity index (χ1n) is 17.9. The molecular weight excluding hydrogens is 659 g/mol. The van der Waals surface area contributed by atoms with E-state index >= 15 is 0 Å². The zero-order valence-corrected chi connectivity index (χ0v) is 29.3. The van der Waals surface area contributed by atoms with Crippen molar-refractivity contribution in [1.82, 2.24) is 24.9 Å². The van der Waals surface area contributed by atoms with E-state index in [-0.39, 0.29) is 0 Å². The Hall–Kier alpha value is -7.37. The normalized spacial score (nSPS) is 11.0. The average molecular weight is 692 g/mol. The summed E-state index contributed by atoms with van der Waals surface area (Å²) in [7, 11) is 0. The maximum atomic E-state index is 5.16. The van der Waals surface area contributed by atoms with E-state index in [0.717, 1.165) is 84.4 Å². The molecule has 5 heteroatoms. The van der Waals surface area contributed by atoms with Crippen LogP contribution in [-0.2, 0) is 0 Å². The van der Waals surface area contributed by atoms with E-state index in [9.17, 15) is 0 Å².